The molecule has 0 aromatic heterocycles. The van der Waals surface area contributed by atoms with Crippen LogP contribution >= 0.6 is 0 Å². The molecule has 0 aromatic rings. The topological polar surface area (TPSA) is 69.6 Å². The molecule has 4 nitrogen and oxygen atoms in total. The molecule has 0 heterocycles. The van der Waals surface area contributed by atoms with Crippen molar-refractivity contribution in [2.75, 3.05) is 6.61 Å². The highest BCUT2D eigenvalue weighted by atomic mass is 16.3. The van der Waals surface area contributed by atoms with E-state index in [2.05, 4.69) is 43.5 Å². The summed E-state index contributed by atoms with van der Waals surface area (Å²) in [6, 6.07) is -0.534. The summed E-state index contributed by atoms with van der Waals surface area (Å²) in [5, 5.41) is 23.4. The Morgan fingerprint density at radius 1 is 0.353 bits per heavy atom. The molecule has 1 amide bonds. The van der Waals surface area contributed by atoms with Gasteiger partial charge in [-0.2, -0.15) is 0 Å². The molecular weight excluding hydrogens is 831 g/mol. The lowest BCUT2D eigenvalue weighted by Gasteiger charge is -2.22. The molecule has 0 spiro atoms. The molecule has 2 atom stereocenters. The van der Waals surface area contributed by atoms with Gasteiger partial charge in [0.25, 0.3) is 0 Å². The fourth-order valence-electron chi connectivity index (χ4n) is 10.2. The summed E-state index contributed by atoms with van der Waals surface area (Å²) < 4.78 is 0. The number of aliphatic hydroxyl groups is 2. The number of allylic oxidation sites excluding steroid dienone is 4. The molecule has 4 heteroatoms. The van der Waals surface area contributed by atoms with Gasteiger partial charge in [-0.25, -0.2) is 0 Å². The van der Waals surface area contributed by atoms with Gasteiger partial charge in [0.15, 0.2) is 0 Å². The van der Waals surface area contributed by atoms with Crippen LogP contribution in [0.15, 0.2) is 24.3 Å². The Bertz CT molecular complexity index is 994. The average Bonchev–Trinajstić information content (AvgIpc) is 3.34. The van der Waals surface area contributed by atoms with Gasteiger partial charge in [-0.3, -0.25) is 4.79 Å². The third-order valence-corrected chi connectivity index (χ3v) is 15.0. The smallest absolute Gasteiger partial charge is 0.220 e. The molecule has 0 bridgehead atoms. The van der Waals surface area contributed by atoms with E-state index in [0.29, 0.717) is 12.8 Å². The summed E-state index contributed by atoms with van der Waals surface area (Å²) in [4.78, 5) is 12.5. The van der Waals surface area contributed by atoms with E-state index in [1.165, 1.54) is 302 Å². The van der Waals surface area contributed by atoms with E-state index in [0.717, 1.165) is 32.1 Å². The van der Waals surface area contributed by atoms with Crippen LogP contribution < -0.4 is 5.32 Å². The highest BCUT2D eigenvalue weighted by Crippen LogP contribution is 2.19. The third kappa shape index (κ3) is 55.8. The molecule has 0 aliphatic rings. The van der Waals surface area contributed by atoms with Crippen LogP contribution in [0.3, 0.4) is 0 Å². The Balaban J connectivity index is 3.39. The van der Waals surface area contributed by atoms with E-state index in [1.54, 1.807) is 0 Å². The normalized spacial score (nSPS) is 12.8. The van der Waals surface area contributed by atoms with Crippen LogP contribution in [0, 0.1) is 0 Å². The summed E-state index contributed by atoms with van der Waals surface area (Å²) in [5.41, 5.74) is 0. The van der Waals surface area contributed by atoms with Gasteiger partial charge in [-0.05, 0) is 44.9 Å². The largest absolute Gasteiger partial charge is 0.394 e. The van der Waals surface area contributed by atoms with E-state index in [4.69, 9.17) is 0 Å². The summed E-state index contributed by atoms with van der Waals surface area (Å²) in [5.74, 6) is -0.0230. The van der Waals surface area contributed by atoms with Crippen LogP contribution in [0.2, 0.25) is 0 Å². The Morgan fingerprint density at radius 2 is 0.603 bits per heavy atom. The minimum Gasteiger partial charge on any atom is -0.394 e. The Hall–Kier alpha value is -1.13. The zero-order valence-electron chi connectivity index (χ0n) is 46.7. The molecule has 68 heavy (non-hydrogen) atoms. The van der Waals surface area contributed by atoms with Crippen LogP contribution in [0.4, 0.5) is 0 Å². The summed E-state index contributed by atoms with van der Waals surface area (Å²) >= 11 is 0. The first-order valence-electron chi connectivity index (χ1n) is 31.5. The lowest BCUT2D eigenvalue weighted by molar-refractivity contribution is -0.123. The highest BCUT2D eigenvalue weighted by molar-refractivity contribution is 5.76. The van der Waals surface area contributed by atoms with Crippen molar-refractivity contribution < 1.29 is 15.0 Å². The molecule has 3 N–H and O–H groups in total. The van der Waals surface area contributed by atoms with Crippen LogP contribution in [0.5, 0.6) is 0 Å². The Morgan fingerprint density at radius 3 is 0.882 bits per heavy atom. The van der Waals surface area contributed by atoms with Crippen molar-refractivity contribution in [1.29, 1.82) is 0 Å². The van der Waals surface area contributed by atoms with Crippen molar-refractivity contribution in [2.24, 2.45) is 0 Å². The zero-order valence-corrected chi connectivity index (χ0v) is 46.7. The maximum absolute atomic E-state index is 12.5. The van der Waals surface area contributed by atoms with E-state index < -0.39 is 12.1 Å². The minimum atomic E-state index is -0.658. The van der Waals surface area contributed by atoms with Crippen molar-refractivity contribution in [2.45, 2.75) is 373 Å². The second-order valence-electron chi connectivity index (χ2n) is 21.8. The van der Waals surface area contributed by atoms with Gasteiger partial charge >= 0.3 is 0 Å². The molecule has 0 saturated heterocycles. The molecule has 0 saturated carbocycles. The number of rotatable bonds is 59. The molecule has 2 unspecified atom stereocenters. The predicted octanol–water partition coefficient (Wildman–Crippen LogP) is 21.0. The first kappa shape index (κ1) is 66.9. The number of unbranched alkanes of at least 4 members (excludes halogenated alkanes) is 48. The van der Waals surface area contributed by atoms with Crippen molar-refractivity contribution in [3.63, 3.8) is 0 Å². The third-order valence-electron chi connectivity index (χ3n) is 15.0. The van der Waals surface area contributed by atoms with Gasteiger partial charge < -0.3 is 15.5 Å². The van der Waals surface area contributed by atoms with E-state index >= 15 is 0 Å². The molecule has 0 rings (SSSR count). The first-order chi connectivity index (χ1) is 33.7. The van der Waals surface area contributed by atoms with Crippen LogP contribution in [0.25, 0.3) is 0 Å². The number of carbonyl (C=O) groups is 1. The molecule has 0 fully saturated rings. The summed E-state index contributed by atoms with van der Waals surface area (Å²) in [6.07, 6.45) is 80.6. The number of amides is 1. The fourth-order valence-corrected chi connectivity index (χ4v) is 10.2. The molecule has 0 aromatic carbocycles. The second kappa shape index (κ2) is 60.2. The van der Waals surface area contributed by atoms with Gasteiger partial charge in [0.2, 0.25) is 5.91 Å². The van der Waals surface area contributed by atoms with Crippen molar-refractivity contribution in [3.05, 3.63) is 24.3 Å². The average molecular weight is 957 g/mol. The molecule has 0 aliphatic heterocycles. The van der Waals surface area contributed by atoms with Crippen LogP contribution in [-0.4, -0.2) is 34.9 Å². The highest BCUT2D eigenvalue weighted by Gasteiger charge is 2.20. The quantitative estimate of drug-likeness (QED) is 0.0420. The maximum Gasteiger partial charge on any atom is 0.220 e. The number of nitrogens with one attached hydrogen (secondary N) is 1. The van der Waals surface area contributed by atoms with Crippen LogP contribution in [-0.2, 0) is 4.79 Å². The standard InChI is InChI=1S/C64H125NO3/c1-3-5-7-9-11-13-15-17-19-21-23-25-27-28-29-30-31-32-33-34-35-36-38-40-42-44-46-48-50-52-54-56-58-60-64(68)65-62(61-66)63(67)59-57-55-53-51-49-47-45-43-41-39-37-26-24-22-20-18-16-14-12-10-8-6-4-2/h15,17,21,23,62-63,66-67H,3-14,16,18-20,22,24-61H2,1-2H3,(H,65,68)/b17-15-,23-21-. The van der Waals surface area contributed by atoms with Crippen molar-refractivity contribution >= 4 is 5.91 Å². The van der Waals surface area contributed by atoms with Crippen molar-refractivity contribution in [1.82, 2.24) is 5.32 Å². The van der Waals surface area contributed by atoms with Gasteiger partial charge in [0, 0.05) is 6.42 Å². The van der Waals surface area contributed by atoms with E-state index in [9.17, 15) is 15.0 Å². The van der Waals surface area contributed by atoms with Crippen LogP contribution in [0.1, 0.15) is 361 Å². The molecule has 0 aliphatic carbocycles. The van der Waals surface area contributed by atoms with Gasteiger partial charge in [-0.15, -0.1) is 0 Å². The lowest BCUT2D eigenvalue weighted by atomic mass is 10.0. The Labute approximate surface area is 428 Å². The number of hydrogen-bond donors (Lipinski definition) is 3. The van der Waals surface area contributed by atoms with Gasteiger partial charge in [-0.1, -0.05) is 334 Å². The lowest BCUT2D eigenvalue weighted by Crippen LogP contribution is -2.45. The summed E-state index contributed by atoms with van der Waals surface area (Å²) in [7, 11) is 0. The Kier molecular flexibility index (Phi) is 59.2. The second-order valence-corrected chi connectivity index (χ2v) is 21.8. The zero-order chi connectivity index (χ0) is 49.2. The number of carbonyl (C=O) groups excluding carboxylic acids is 1. The molecule has 0 radical (unpaired) electrons. The number of aliphatic hydroxyl groups excluding tert-OH is 2. The van der Waals surface area contributed by atoms with Crippen molar-refractivity contribution in [3.8, 4) is 0 Å². The monoisotopic (exact) mass is 956 g/mol. The van der Waals surface area contributed by atoms with Gasteiger partial charge in [0.1, 0.15) is 0 Å². The SMILES string of the molecule is CCCCCCC/C=C\C/C=C\CCCCCCCCCCCCCCCCCCCCCCCC(=O)NC(CO)C(O)CCCCCCCCCCCCCCCCCCCCCCCCC. The van der Waals surface area contributed by atoms with Gasteiger partial charge in [0.05, 0.1) is 18.8 Å². The predicted molar refractivity (Wildman–Crippen MR) is 304 cm³/mol. The number of hydrogen-bond acceptors (Lipinski definition) is 3. The first-order valence-corrected chi connectivity index (χ1v) is 31.5. The molecular formula is C64H125NO3. The summed E-state index contributed by atoms with van der Waals surface area (Å²) in [6.45, 7) is 4.39. The van der Waals surface area contributed by atoms with E-state index in [1.807, 2.05) is 0 Å². The van der Waals surface area contributed by atoms with E-state index in [-0.39, 0.29) is 12.5 Å². The fraction of sp³-hybridized carbons (Fsp3) is 0.922. The minimum absolute atomic E-state index is 0.0230. The molecule has 404 valence electrons. The maximum atomic E-state index is 12.5.